The van der Waals surface area contributed by atoms with Gasteiger partial charge in [0.2, 0.25) is 6.41 Å². The fraction of sp³-hybridized carbons (Fsp3) is 0.385. The molecule has 0 aromatic heterocycles. The van der Waals surface area contributed by atoms with Crippen molar-refractivity contribution >= 4 is 12.2 Å². The lowest BCUT2D eigenvalue weighted by molar-refractivity contribution is -0.121. The second-order valence-electron chi connectivity index (χ2n) is 4.35. The van der Waals surface area contributed by atoms with E-state index in [0.29, 0.717) is 18.7 Å². The molecule has 1 heterocycles. The van der Waals surface area contributed by atoms with Crippen LogP contribution in [0.2, 0.25) is 0 Å². The summed E-state index contributed by atoms with van der Waals surface area (Å²) >= 11 is 0. The molecular weight excluding hydrogens is 216 g/mol. The summed E-state index contributed by atoms with van der Waals surface area (Å²) in [6.45, 7) is 2.03. The number of benzene rings is 1. The summed E-state index contributed by atoms with van der Waals surface area (Å²) in [6.07, 6.45) is 0.776. The number of ketones is 1. The number of likely N-dealkylation sites (N-methyl/N-ethyl adjacent to an activating group) is 1. The summed E-state index contributed by atoms with van der Waals surface area (Å²) in [5.74, 6) is 0.0178. The van der Waals surface area contributed by atoms with Crippen molar-refractivity contribution in [1.29, 1.82) is 0 Å². The Kier molecular flexibility index (Phi) is 3.54. The summed E-state index contributed by atoms with van der Waals surface area (Å²) < 4.78 is 0. The highest BCUT2D eigenvalue weighted by Crippen LogP contribution is 2.12. The first kappa shape index (κ1) is 11.8. The number of piperazine rings is 1. The van der Waals surface area contributed by atoms with Crippen molar-refractivity contribution in [2.75, 3.05) is 26.7 Å². The van der Waals surface area contributed by atoms with Crippen LogP contribution in [0.3, 0.4) is 0 Å². The third-order valence-corrected chi connectivity index (χ3v) is 3.12. The molecule has 0 spiro atoms. The van der Waals surface area contributed by atoms with Gasteiger partial charge >= 0.3 is 0 Å². The lowest BCUT2D eigenvalue weighted by Gasteiger charge is -2.36. The Balaban J connectivity index is 2.19. The average Bonchev–Trinajstić information content (AvgIpc) is 2.39. The topological polar surface area (TPSA) is 40.6 Å². The van der Waals surface area contributed by atoms with Gasteiger partial charge in [-0.1, -0.05) is 30.3 Å². The maximum absolute atomic E-state index is 12.3. The first-order valence-electron chi connectivity index (χ1n) is 5.71. The highest BCUT2D eigenvalue weighted by Gasteiger charge is 2.30. The molecule has 1 aliphatic heterocycles. The molecule has 0 radical (unpaired) electrons. The first-order valence-corrected chi connectivity index (χ1v) is 5.71. The minimum Gasteiger partial charge on any atom is -0.332 e. The Bertz CT molecular complexity index is 405. The van der Waals surface area contributed by atoms with Gasteiger partial charge in [-0.2, -0.15) is 0 Å². The number of hydrogen-bond donors (Lipinski definition) is 0. The molecular formula is C13H16N2O2. The Hall–Kier alpha value is -1.68. The molecule has 1 unspecified atom stereocenters. The maximum atomic E-state index is 12.3. The van der Waals surface area contributed by atoms with E-state index in [0.717, 1.165) is 13.0 Å². The molecule has 0 bridgehead atoms. The molecule has 0 N–H and O–H groups in total. The average molecular weight is 232 g/mol. The van der Waals surface area contributed by atoms with Crippen LogP contribution in [-0.4, -0.2) is 54.7 Å². The van der Waals surface area contributed by atoms with E-state index in [-0.39, 0.29) is 11.8 Å². The lowest BCUT2D eigenvalue weighted by atomic mass is 10.0. The van der Waals surface area contributed by atoms with Crippen molar-refractivity contribution in [3.8, 4) is 0 Å². The highest BCUT2D eigenvalue weighted by atomic mass is 16.1. The third kappa shape index (κ3) is 2.53. The number of carbonyl (C=O) groups excluding carboxylic acids is 2. The van der Waals surface area contributed by atoms with Gasteiger partial charge in [0.15, 0.2) is 5.78 Å². The van der Waals surface area contributed by atoms with Crippen LogP contribution in [-0.2, 0) is 4.79 Å². The first-order chi connectivity index (χ1) is 8.22. The van der Waals surface area contributed by atoms with E-state index < -0.39 is 0 Å². The molecule has 0 saturated carbocycles. The normalized spacial score (nSPS) is 21.2. The van der Waals surface area contributed by atoms with Crippen molar-refractivity contribution in [3.05, 3.63) is 35.9 Å². The van der Waals surface area contributed by atoms with Gasteiger partial charge in [0.25, 0.3) is 0 Å². The number of amides is 1. The summed E-state index contributed by atoms with van der Waals surface area (Å²) in [5.41, 5.74) is 0.666. The summed E-state index contributed by atoms with van der Waals surface area (Å²) in [5, 5.41) is 0. The zero-order valence-electron chi connectivity index (χ0n) is 9.87. The molecule has 1 aromatic carbocycles. The van der Waals surface area contributed by atoms with Crippen LogP contribution in [0.15, 0.2) is 30.3 Å². The molecule has 4 nitrogen and oxygen atoms in total. The number of rotatable bonds is 3. The van der Waals surface area contributed by atoms with E-state index in [9.17, 15) is 9.59 Å². The van der Waals surface area contributed by atoms with E-state index in [1.807, 2.05) is 25.2 Å². The van der Waals surface area contributed by atoms with Crippen LogP contribution in [0.25, 0.3) is 0 Å². The van der Waals surface area contributed by atoms with E-state index in [1.165, 1.54) is 0 Å². The molecule has 90 valence electrons. The van der Waals surface area contributed by atoms with Crippen LogP contribution in [0.1, 0.15) is 10.4 Å². The van der Waals surface area contributed by atoms with Crippen LogP contribution in [0, 0.1) is 0 Å². The molecule has 1 amide bonds. The number of nitrogens with zero attached hydrogens (tertiary/aromatic N) is 2. The number of carbonyl (C=O) groups is 2. The maximum Gasteiger partial charge on any atom is 0.210 e. The number of Topliss-reactive ketones (excluding diaryl/α,β-unsaturated/α-hetero) is 1. The predicted molar refractivity (Wildman–Crippen MR) is 64.8 cm³/mol. The Labute approximate surface area is 101 Å². The van der Waals surface area contributed by atoms with E-state index in [4.69, 9.17) is 0 Å². The Morgan fingerprint density at radius 2 is 2.00 bits per heavy atom. The predicted octanol–water partition coefficient (Wildman–Crippen LogP) is 0.642. The van der Waals surface area contributed by atoms with Gasteiger partial charge in [-0.05, 0) is 7.05 Å². The van der Waals surface area contributed by atoms with Gasteiger partial charge in [0.1, 0.15) is 6.04 Å². The van der Waals surface area contributed by atoms with E-state index in [2.05, 4.69) is 4.90 Å². The lowest BCUT2D eigenvalue weighted by Crippen LogP contribution is -2.54. The quantitative estimate of drug-likeness (QED) is 0.567. The molecule has 1 fully saturated rings. The molecule has 4 heteroatoms. The van der Waals surface area contributed by atoms with Gasteiger partial charge in [-0.15, -0.1) is 0 Å². The summed E-state index contributed by atoms with van der Waals surface area (Å²) in [6, 6.07) is 8.78. The minimum absolute atomic E-state index is 0.0178. The van der Waals surface area contributed by atoms with Gasteiger partial charge in [-0.25, -0.2) is 0 Å². The minimum atomic E-state index is -0.353. The second-order valence-corrected chi connectivity index (χ2v) is 4.35. The van der Waals surface area contributed by atoms with Crippen LogP contribution in [0.4, 0.5) is 0 Å². The van der Waals surface area contributed by atoms with Gasteiger partial charge in [-0.3, -0.25) is 9.59 Å². The largest absolute Gasteiger partial charge is 0.332 e. The molecule has 0 aliphatic carbocycles. The fourth-order valence-electron chi connectivity index (χ4n) is 2.09. The summed E-state index contributed by atoms with van der Waals surface area (Å²) in [4.78, 5) is 26.9. The van der Waals surface area contributed by atoms with E-state index >= 15 is 0 Å². The monoisotopic (exact) mass is 232 g/mol. The standard InChI is InChI=1S/C13H16N2O2/c1-14-7-8-15(10-16)12(9-14)13(17)11-5-3-2-4-6-11/h2-6,10,12H,7-9H2,1H3. The van der Waals surface area contributed by atoms with Crippen molar-refractivity contribution in [2.24, 2.45) is 0 Å². The third-order valence-electron chi connectivity index (χ3n) is 3.12. The highest BCUT2D eigenvalue weighted by molar-refractivity contribution is 6.01. The van der Waals surface area contributed by atoms with Crippen molar-refractivity contribution in [3.63, 3.8) is 0 Å². The SMILES string of the molecule is CN1CCN(C=O)C(C(=O)c2ccccc2)C1. The molecule has 1 saturated heterocycles. The molecule has 1 aromatic rings. The molecule has 2 rings (SSSR count). The molecule has 17 heavy (non-hydrogen) atoms. The zero-order valence-corrected chi connectivity index (χ0v) is 9.87. The smallest absolute Gasteiger partial charge is 0.210 e. The number of hydrogen-bond acceptors (Lipinski definition) is 3. The van der Waals surface area contributed by atoms with Gasteiger partial charge in [0.05, 0.1) is 0 Å². The van der Waals surface area contributed by atoms with Gasteiger partial charge < -0.3 is 9.80 Å². The second kappa shape index (κ2) is 5.10. The molecule has 1 aliphatic rings. The van der Waals surface area contributed by atoms with Crippen molar-refractivity contribution < 1.29 is 9.59 Å². The summed E-state index contributed by atoms with van der Waals surface area (Å²) in [7, 11) is 1.97. The van der Waals surface area contributed by atoms with Crippen LogP contribution in [0.5, 0.6) is 0 Å². The van der Waals surface area contributed by atoms with Gasteiger partial charge in [0, 0.05) is 25.2 Å². The molecule has 1 atom stereocenters. The zero-order chi connectivity index (χ0) is 12.3. The van der Waals surface area contributed by atoms with Crippen LogP contribution >= 0.6 is 0 Å². The van der Waals surface area contributed by atoms with E-state index in [1.54, 1.807) is 17.0 Å². The Morgan fingerprint density at radius 1 is 1.29 bits per heavy atom. The van der Waals surface area contributed by atoms with Crippen molar-refractivity contribution in [2.45, 2.75) is 6.04 Å². The fourth-order valence-corrected chi connectivity index (χ4v) is 2.09. The van der Waals surface area contributed by atoms with Crippen LogP contribution < -0.4 is 0 Å². The van der Waals surface area contributed by atoms with Crippen molar-refractivity contribution in [1.82, 2.24) is 9.80 Å². The Morgan fingerprint density at radius 3 is 2.65 bits per heavy atom.